The monoisotopic (exact) mass is 112 g/mol. The van der Waals surface area contributed by atoms with Gasteiger partial charge in [-0.2, -0.15) is 0 Å². The van der Waals surface area contributed by atoms with E-state index in [1.807, 2.05) is 0 Å². The van der Waals surface area contributed by atoms with Crippen LogP contribution in [0.3, 0.4) is 0 Å². The maximum atomic E-state index is 5.34. The highest BCUT2D eigenvalue weighted by Gasteiger charge is 2.05. The Kier molecular flexibility index (Phi) is 2.10. The predicted octanol–water partition coefficient (Wildman–Crippen LogP) is 1.74. The molecule has 1 atom stereocenters. The lowest BCUT2D eigenvalue weighted by Crippen LogP contribution is -2.13. The van der Waals surface area contributed by atoms with E-state index in [9.17, 15) is 0 Å². The first-order chi connectivity index (χ1) is 3.93. The Morgan fingerprint density at radius 1 is 1.62 bits per heavy atom. The van der Waals surface area contributed by atoms with Crippen molar-refractivity contribution in [2.75, 3.05) is 6.61 Å². The van der Waals surface area contributed by atoms with E-state index < -0.39 is 0 Å². The lowest BCUT2D eigenvalue weighted by atomic mass is 10.1. The van der Waals surface area contributed by atoms with Crippen molar-refractivity contribution in [3.8, 4) is 0 Å². The van der Waals surface area contributed by atoms with Crippen LogP contribution in [0.25, 0.3) is 0 Å². The topological polar surface area (TPSA) is 9.23 Å². The minimum absolute atomic E-state index is 0.500. The van der Waals surface area contributed by atoms with Gasteiger partial charge in [0.25, 0.3) is 0 Å². The fourth-order valence-corrected chi connectivity index (χ4v) is 0.860. The summed E-state index contributed by atoms with van der Waals surface area (Å²) in [6, 6.07) is 0. The highest BCUT2D eigenvalue weighted by Crippen LogP contribution is 2.08. The smallest absolute Gasteiger partial charge is 0.0651 e. The standard InChI is InChI=1S/C7H12O/c1-2-7-5-3-4-6-8-7/h3-4,7H,2,5-6H2,1H3. The molecular weight excluding hydrogens is 100 g/mol. The Bertz CT molecular complexity index is 86.4. The van der Waals surface area contributed by atoms with Gasteiger partial charge in [-0.3, -0.25) is 0 Å². The second kappa shape index (κ2) is 2.88. The summed E-state index contributed by atoms with van der Waals surface area (Å²) in [4.78, 5) is 0. The average Bonchev–Trinajstić information content (AvgIpc) is 1.90. The van der Waals surface area contributed by atoms with Crippen LogP contribution in [0.4, 0.5) is 0 Å². The minimum atomic E-state index is 0.500. The van der Waals surface area contributed by atoms with E-state index in [1.165, 1.54) is 0 Å². The van der Waals surface area contributed by atoms with E-state index in [4.69, 9.17) is 4.74 Å². The molecule has 1 heterocycles. The third-order valence-corrected chi connectivity index (χ3v) is 1.45. The Labute approximate surface area is 50.3 Å². The van der Waals surface area contributed by atoms with E-state index in [2.05, 4.69) is 19.1 Å². The SMILES string of the molecule is CCC1CC=CCO1. The highest BCUT2D eigenvalue weighted by molar-refractivity contribution is 4.88. The predicted molar refractivity (Wildman–Crippen MR) is 33.8 cm³/mol. The van der Waals surface area contributed by atoms with E-state index in [0.717, 1.165) is 19.4 Å². The van der Waals surface area contributed by atoms with Crippen LogP contribution < -0.4 is 0 Å². The molecule has 0 N–H and O–H groups in total. The van der Waals surface area contributed by atoms with Gasteiger partial charge < -0.3 is 4.74 Å². The van der Waals surface area contributed by atoms with E-state index in [1.54, 1.807) is 0 Å². The second-order valence-electron chi connectivity index (χ2n) is 2.07. The molecule has 0 spiro atoms. The molecule has 0 saturated carbocycles. The first-order valence-corrected chi connectivity index (χ1v) is 3.20. The molecule has 1 rings (SSSR count). The van der Waals surface area contributed by atoms with Gasteiger partial charge >= 0.3 is 0 Å². The molecule has 1 aliphatic heterocycles. The quantitative estimate of drug-likeness (QED) is 0.469. The Morgan fingerprint density at radius 2 is 2.50 bits per heavy atom. The molecule has 0 saturated heterocycles. The second-order valence-corrected chi connectivity index (χ2v) is 2.07. The van der Waals surface area contributed by atoms with Crippen LogP contribution in [0.5, 0.6) is 0 Å². The van der Waals surface area contributed by atoms with E-state index in [-0.39, 0.29) is 0 Å². The molecule has 0 aromatic carbocycles. The Hall–Kier alpha value is -0.300. The van der Waals surface area contributed by atoms with Crippen molar-refractivity contribution in [2.24, 2.45) is 0 Å². The number of hydrogen-bond acceptors (Lipinski definition) is 1. The number of rotatable bonds is 1. The first-order valence-electron chi connectivity index (χ1n) is 3.20. The van der Waals surface area contributed by atoms with Crippen molar-refractivity contribution in [2.45, 2.75) is 25.9 Å². The zero-order valence-electron chi connectivity index (χ0n) is 5.26. The maximum absolute atomic E-state index is 5.34. The molecule has 0 amide bonds. The zero-order chi connectivity index (χ0) is 5.82. The summed E-state index contributed by atoms with van der Waals surface area (Å²) in [5, 5.41) is 0. The lowest BCUT2D eigenvalue weighted by molar-refractivity contribution is 0.0654. The van der Waals surface area contributed by atoms with Crippen LogP contribution in [0, 0.1) is 0 Å². The molecule has 0 aromatic heterocycles. The molecule has 0 bridgehead atoms. The van der Waals surface area contributed by atoms with Gasteiger partial charge in [-0.1, -0.05) is 19.1 Å². The lowest BCUT2D eigenvalue weighted by Gasteiger charge is -2.15. The third-order valence-electron chi connectivity index (χ3n) is 1.45. The van der Waals surface area contributed by atoms with Crippen molar-refractivity contribution in [1.29, 1.82) is 0 Å². The van der Waals surface area contributed by atoms with Crippen LogP contribution in [-0.2, 0) is 4.74 Å². The number of hydrogen-bond donors (Lipinski definition) is 0. The van der Waals surface area contributed by atoms with Crippen LogP contribution in [0.15, 0.2) is 12.2 Å². The van der Waals surface area contributed by atoms with Gasteiger partial charge in [-0.15, -0.1) is 0 Å². The van der Waals surface area contributed by atoms with Crippen molar-refractivity contribution < 1.29 is 4.74 Å². The van der Waals surface area contributed by atoms with Gasteiger partial charge in [0.05, 0.1) is 12.7 Å². The summed E-state index contributed by atoms with van der Waals surface area (Å²) >= 11 is 0. The van der Waals surface area contributed by atoms with E-state index in [0.29, 0.717) is 6.10 Å². The molecule has 1 nitrogen and oxygen atoms in total. The van der Waals surface area contributed by atoms with Gasteiger partial charge in [0.2, 0.25) is 0 Å². The van der Waals surface area contributed by atoms with Crippen LogP contribution in [0.2, 0.25) is 0 Å². The summed E-state index contributed by atoms with van der Waals surface area (Å²) in [6.07, 6.45) is 7.02. The molecule has 0 radical (unpaired) electrons. The fourth-order valence-electron chi connectivity index (χ4n) is 0.860. The first kappa shape index (κ1) is 5.83. The maximum Gasteiger partial charge on any atom is 0.0651 e. The largest absolute Gasteiger partial charge is 0.374 e. The van der Waals surface area contributed by atoms with Gasteiger partial charge in [-0.25, -0.2) is 0 Å². The molecular formula is C7H12O. The van der Waals surface area contributed by atoms with Gasteiger partial charge in [0.1, 0.15) is 0 Å². The Balaban J connectivity index is 2.27. The molecule has 1 heteroatoms. The van der Waals surface area contributed by atoms with Gasteiger partial charge in [0, 0.05) is 0 Å². The zero-order valence-corrected chi connectivity index (χ0v) is 5.26. The van der Waals surface area contributed by atoms with E-state index >= 15 is 0 Å². The Morgan fingerprint density at radius 3 is 2.88 bits per heavy atom. The summed E-state index contributed by atoms with van der Waals surface area (Å²) < 4.78 is 5.34. The third kappa shape index (κ3) is 1.34. The molecule has 8 heavy (non-hydrogen) atoms. The summed E-state index contributed by atoms with van der Waals surface area (Å²) in [5.74, 6) is 0. The summed E-state index contributed by atoms with van der Waals surface area (Å²) in [5.41, 5.74) is 0. The number of ether oxygens (including phenoxy) is 1. The van der Waals surface area contributed by atoms with Crippen molar-refractivity contribution in [1.82, 2.24) is 0 Å². The van der Waals surface area contributed by atoms with Gasteiger partial charge in [-0.05, 0) is 12.8 Å². The molecule has 0 aromatic rings. The molecule has 0 fully saturated rings. The highest BCUT2D eigenvalue weighted by atomic mass is 16.5. The van der Waals surface area contributed by atoms with Crippen LogP contribution >= 0.6 is 0 Å². The minimum Gasteiger partial charge on any atom is -0.374 e. The summed E-state index contributed by atoms with van der Waals surface area (Å²) in [6.45, 7) is 2.97. The van der Waals surface area contributed by atoms with Crippen molar-refractivity contribution >= 4 is 0 Å². The summed E-state index contributed by atoms with van der Waals surface area (Å²) in [7, 11) is 0. The van der Waals surface area contributed by atoms with Crippen LogP contribution in [-0.4, -0.2) is 12.7 Å². The normalized spacial score (nSPS) is 28.4. The molecule has 46 valence electrons. The fraction of sp³-hybridized carbons (Fsp3) is 0.714. The van der Waals surface area contributed by atoms with Crippen molar-refractivity contribution in [3.05, 3.63) is 12.2 Å². The average molecular weight is 112 g/mol. The van der Waals surface area contributed by atoms with Gasteiger partial charge in [0.15, 0.2) is 0 Å². The van der Waals surface area contributed by atoms with Crippen molar-refractivity contribution in [3.63, 3.8) is 0 Å². The molecule has 1 aliphatic rings. The molecule has 1 unspecified atom stereocenters. The molecule has 0 aliphatic carbocycles. The van der Waals surface area contributed by atoms with Crippen LogP contribution in [0.1, 0.15) is 19.8 Å².